The highest BCUT2D eigenvalue weighted by molar-refractivity contribution is 6.42. The lowest BCUT2D eigenvalue weighted by Crippen LogP contribution is -2.43. The third kappa shape index (κ3) is 3.02. The zero-order valence-electron chi connectivity index (χ0n) is 10.1. The number of hydrogen-bond acceptors (Lipinski definition) is 3. The molecule has 0 radical (unpaired) electrons. The van der Waals surface area contributed by atoms with Crippen LogP contribution in [0.3, 0.4) is 0 Å². The Labute approximate surface area is 124 Å². The number of benzene rings is 1. The largest absolute Gasteiger partial charge is 0.481 e. The molecule has 1 heterocycles. The maximum atomic E-state index is 11.9. The number of hydrazine groups is 1. The Morgan fingerprint density at radius 1 is 1.30 bits per heavy atom. The minimum atomic E-state index is -1.07. The number of carbonyl (C=O) groups is 3. The van der Waals surface area contributed by atoms with E-state index in [1.54, 1.807) is 0 Å². The second kappa shape index (κ2) is 5.68. The Balaban J connectivity index is 2.06. The van der Waals surface area contributed by atoms with E-state index in [0.29, 0.717) is 5.02 Å². The molecule has 0 saturated carbocycles. The Bertz CT molecular complexity index is 591. The van der Waals surface area contributed by atoms with Crippen molar-refractivity contribution in [1.82, 2.24) is 10.4 Å². The van der Waals surface area contributed by atoms with E-state index in [0.717, 1.165) is 5.01 Å². The Kier molecular flexibility index (Phi) is 4.15. The highest BCUT2D eigenvalue weighted by atomic mass is 35.5. The number of halogens is 2. The first kappa shape index (κ1) is 14.6. The van der Waals surface area contributed by atoms with Gasteiger partial charge in [0.05, 0.1) is 22.5 Å². The van der Waals surface area contributed by atoms with Crippen LogP contribution in [0.4, 0.5) is 0 Å². The molecule has 6 nitrogen and oxygen atoms in total. The first-order chi connectivity index (χ1) is 9.38. The third-order valence-corrected chi connectivity index (χ3v) is 3.63. The van der Waals surface area contributed by atoms with Crippen LogP contribution in [0.2, 0.25) is 10.0 Å². The normalized spacial score (nSPS) is 18.2. The monoisotopic (exact) mass is 316 g/mol. The van der Waals surface area contributed by atoms with Crippen LogP contribution < -0.4 is 5.43 Å². The zero-order valence-corrected chi connectivity index (χ0v) is 11.6. The lowest BCUT2D eigenvalue weighted by molar-refractivity contribution is -0.141. The van der Waals surface area contributed by atoms with Crippen LogP contribution in [0.25, 0.3) is 0 Å². The molecule has 0 bridgehead atoms. The van der Waals surface area contributed by atoms with Crippen LogP contribution in [0.15, 0.2) is 18.2 Å². The number of amides is 2. The van der Waals surface area contributed by atoms with E-state index in [1.807, 2.05) is 0 Å². The zero-order chi connectivity index (χ0) is 14.9. The van der Waals surface area contributed by atoms with Crippen LogP contribution in [-0.4, -0.2) is 34.4 Å². The Hall–Kier alpha value is -1.79. The molecule has 0 aliphatic carbocycles. The summed E-state index contributed by atoms with van der Waals surface area (Å²) in [6, 6.07) is 4.29. The number of rotatable bonds is 3. The maximum absolute atomic E-state index is 11.9. The van der Waals surface area contributed by atoms with Gasteiger partial charge in [0.2, 0.25) is 5.91 Å². The highest BCUT2D eigenvalue weighted by Crippen LogP contribution is 2.23. The second-order valence-electron chi connectivity index (χ2n) is 4.31. The predicted octanol–water partition coefficient (Wildman–Crippen LogP) is 1.57. The summed E-state index contributed by atoms with van der Waals surface area (Å²) in [6.45, 7) is -0.0543. The number of nitrogens with one attached hydrogen (secondary N) is 1. The predicted molar refractivity (Wildman–Crippen MR) is 71.4 cm³/mol. The van der Waals surface area contributed by atoms with Crippen LogP contribution in [0, 0.1) is 5.92 Å². The number of hydrogen-bond donors (Lipinski definition) is 2. The topological polar surface area (TPSA) is 86.7 Å². The van der Waals surface area contributed by atoms with Gasteiger partial charge >= 0.3 is 5.97 Å². The first-order valence-electron chi connectivity index (χ1n) is 5.67. The molecule has 1 saturated heterocycles. The number of carbonyl (C=O) groups excluding carboxylic acids is 2. The van der Waals surface area contributed by atoms with E-state index in [4.69, 9.17) is 28.3 Å². The van der Waals surface area contributed by atoms with E-state index in [1.165, 1.54) is 18.2 Å². The van der Waals surface area contributed by atoms with E-state index < -0.39 is 23.7 Å². The van der Waals surface area contributed by atoms with Gasteiger partial charge in [0.15, 0.2) is 0 Å². The fraction of sp³-hybridized carbons (Fsp3) is 0.250. The minimum Gasteiger partial charge on any atom is -0.481 e. The molecule has 2 amide bonds. The van der Waals surface area contributed by atoms with Crippen LogP contribution >= 0.6 is 23.2 Å². The molecule has 1 aliphatic rings. The van der Waals surface area contributed by atoms with Crippen LogP contribution in [0.5, 0.6) is 0 Å². The van der Waals surface area contributed by atoms with Crippen molar-refractivity contribution in [2.75, 3.05) is 6.54 Å². The van der Waals surface area contributed by atoms with Gasteiger partial charge in [0.1, 0.15) is 0 Å². The Morgan fingerprint density at radius 3 is 2.55 bits per heavy atom. The lowest BCUT2D eigenvalue weighted by atomic mass is 10.1. The van der Waals surface area contributed by atoms with Gasteiger partial charge in [-0.3, -0.25) is 24.8 Å². The quantitative estimate of drug-likeness (QED) is 0.886. The molecule has 2 N–H and O–H groups in total. The smallest absolute Gasteiger partial charge is 0.308 e. The molecule has 106 valence electrons. The van der Waals surface area contributed by atoms with Gasteiger partial charge in [0, 0.05) is 12.0 Å². The number of carboxylic acid groups (broad SMARTS) is 1. The molecule has 0 unspecified atom stereocenters. The summed E-state index contributed by atoms with van der Waals surface area (Å²) < 4.78 is 0. The standard InChI is InChI=1S/C12H10Cl2N2O4/c13-8-2-1-6(3-9(8)14)11(18)15-16-5-7(12(19)20)4-10(16)17/h1-3,7H,4-5H2,(H,15,18)(H,19,20)/t7-/m1/s1. The van der Waals surface area contributed by atoms with E-state index in [-0.39, 0.29) is 23.6 Å². The van der Waals surface area contributed by atoms with E-state index in [2.05, 4.69) is 5.43 Å². The molecule has 0 spiro atoms. The van der Waals surface area contributed by atoms with Gasteiger partial charge in [-0.15, -0.1) is 0 Å². The molecular weight excluding hydrogens is 307 g/mol. The van der Waals surface area contributed by atoms with E-state index >= 15 is 0 Å². The maximum Gasteiger partial charge on any atom is 0.308 e. The van der Waals surface area contributed by atoms with Crippen molar-refractivity contribution in [2.24, 2.45) is 5.92 Å². The van der Waals surface area contributed by atoms with Crippen molar-refractivity contribution in [2.45, 2.75) is 6.42 Å². The number of aliphatic carboxylic acids is 1. The van der Waals surface area contributed by atoms with Crippen molar-refractivity contribution in [1.29, 1.82) is 0 Å². The lowest BCUT2D eigenvalue weighted by Gasteiger charge is -2.17. The molecule has 0 aromatic heterocycles. The van der Waals surface area contributed by atoms with Gasteiger partial charge in [-0.1, -0.05) is 23.2 Å². The molecular formula is C12H10Cl2N2O4. The summed E-state index contributed by atoms with van der Waals surface area (Å²) in [5.41, 5.74) is 2.58. The van der Waals surface area contributed by atoms with Crippen molar-refractivity contribution < 1.29 is 19.5 Å². The minimum absolute atomic E-state index is 0.0543. The van der Waals surface area contributed by atoms with Gasteiger partial charge in [-0.25, -0.2) is 0 Å². The molecule has 2 rings (SSSR count). The summed E-state index contributed by atoms with van der Waals surface area (Å²) in [4.78, 5) is 34.3. The average Bonchev–Trinajstić information content (AvgIpc) is 2.74. The fourth-order valence-corrected chi connectivity index (χ4v) is 2.10. The van der Waals surface area contributed by atoms with Crippen LogP contribution in [0.1, 0.15) is 16.8 Å². The van der Waals surface area contributed by atoms with Gasteiger partial charge in [-0.2, -0.15) is 0 Å². The van der Waals surface area contributed by atoms with Crippen LogP contribution in [-0.2, 0) is 9.59 Å². The molecule has 20 heavy (non-hydrogen) atoms. The Morgan fingerprint density at radius 2 is 2.00 bits per heavy atom. The fourth-order valence-electron chi connectivity index (χ4n) is 1.81. The van der Waals surface area contributed by atoms with Gasteiger partial charge < -0.3 is 5.11 Å². The number of carboxylic acids is 1. The van der Waals surface area contributed by atoms with Gasteiger partial charge in [0.25, 0.3) is 5.91 Å². The molecule has 1 fully saturated rings. The summed E-state index contributed by atoms with van der Waals surface area (Å²) >= 11 is 11.5. The van der Waals surface area contributed by atoms with Crippen molar-refractivity contribution >= 4 is 41.0 Å². The van der Waals surface area contributed by atoms with Crippen molar-refractivity contribution in [3.63, 3.8) is 0 Å². The van der Waals surface area contributed by atoms with Crippen molar-refractivity contribution in [3.8, 4) is 0 Å². The molecule has 1 atom stereocenters. The average molecular weight is 317 g/mol. The summed E-state index contributed by atoms with van der Waals surface area (Å²) in [5.74, 6) is -2.87. The van der Waals surface area contributed by atoms with Gasteiger partial charge in [-0.05, 0) is 18.2 Å². The highest BCUT2D eigenvalue weighted by Gasteiger charge is 2.35. The first-order valence-corrected chi connectivity index (χ1v) is 6.43. The molecule has 1 aromatic carbocycles. The summed E-state index contributed by atoms with van der Waals surface area (Å²) in [5, 5.41) is 10.4. The third-order valence-electron chi connectivity index (χ3n) is 2.89. The second-order valence-corrected chi connectivity index (χ2v) is 5.13. The number of nitrogens with zero attached hydrogens (tertiary/aromatic N) is 1. The molecule has 8 heteroatoms. The summed E-state index contributed by atoms with van der Waals surface area (Å²) in [7, 11) is 0. The van der Waals surface area contributed by atoms with E-state index in [9.17, 15) is 14.4 Å². The summed E-state index contributed by atoms with van der Waals surface area (Å²) in [6.07, 6.45) is -0.128. The van der Waals surface area contributed by atoms with Crippen molar-refractivity contribution in [3.05, 3.63) is 33.8 Å². The molecule has 1 aromatic rings. The SMILES string of the molecule is O=C(NN1C[C@H](C(=O)O)CC1=O)c1ccc(Cl)c(Cl)c1. The molecule has 1 aliphatic heterocycles.